The van der Waals surface area contributed by atoms with Crippen LogP contribution in [0.25, 0.3) is 0 Å². The summed E-state index contributed by atoms with van der Waals surface area (Å²) in [5.74, 6) is -0.395. The normalized spacial score (nSPS) is 15.5. The fourth-order valence-electron chi connectivity index (χ4n) is 2.21. The molecule has 1 saturated carbocycles. The van der Waals surface area contributed by atoms with E-state index in [4.69, 9.17) is 9.47 Å². The van der Waals surface area contributed by atoms with Gasteiger partial charge in [0, 0.05) is 13.5 Å². The van der Waals surface area contributed by atoms with Crippen LogP contribution in [-0.4, -0.2) is 46.9 Å². The van der Waals surface area contributed by atoms with E-state index >= 15 is 0 Å². The minimum Gasteiger partial charge on any atom is -0.490 e. The van der Waals surface area contributed by atoms with Crippen LogP contribution in [0.5, 0.6) is 5.75 Å². The summed E-state index contributed by atoms with van der Waals surface area (Å²) in [7, 11) is 1.44. The molecule has 0 unspecified atom stereocenters. The van der Waals surface area contributed by atoms with Gasteiger partial charge < -0.3 is 14.6 Å². The maximum Gasteiger partial charge on any atom is 0.410 e. The first kappa shape index (κ1) is 18.1. The summed E-state index contributed by atoms with van der Waals surface area (Å²) >= 11 is 0. The molecule has 0 spiro atoms. The van der Waals surface area contributed by atoms with Gasteiger partial charge in [-0.25, -0.2) is 9.59 Å². The number of likely N-dealkylation sites (N-methyl/N-ethyl adjacent to an activating group) is 1. The molecule has 0 saturated heterocycles. The molecule has 1 amide bonds. The Bertz CT molecular complexity index is 604. The van der Waals surface area contributed by atoms with Crippen LogP contribution >= 0.6 is 0 Å². The Balaban J connectivity index is 2.13. The zero-order valence-corrected chi connectivity index (χ0v) is 14.6. The highest BCUT2D eigenvalue weighted by Crippen LogP contribution is 2.30. The summed E-state index contributed by atoms with van der Waals surface area (Å²) in [6.45, 7) is 5.23. The van der Waals surface area contributed by atoms with Crippen molar-refractivity contribution in [3.05, 3.63) is 29.8 Å². The van der Waals surface area contributed by atoms with Gasteiger partial charge in [-0.1, -0.05) is 18.2 Å². The van der Waals surface area contributed by atoms with Gasteiger partial charge in [0.15, 0.2) is 0 Å². The number of ether oxygens (including phenoxy) is 2. The predicted molar refractivity (Wildman–Crippen MR) is 89.2 cm³/mol. The number of rotatable bonds is 6. The number of amides is 1. The number of carboxylic acid groups (broad SMARTS) is 1. The molecule has 132 valence electrons. The summed E-state index contributed by atoms with van der Waals surface area (Å²) < 4.78 is 11.1. The Morgan fingerprint density at radius 2 is 1.92 bits per heavy atom. The third kappa shape index (κ3) is 5.15. The smallest absolute Gasteiger partial charge is 0.410 e. The van der Waals surface area contributed by atoms with Crippen LogP contribution in [0.15, 0.2) is 24.3 Å². The van der Waals surface area contributed by atoms with Gasteiger partial charge in [0.25, 0.3) is 0 Å². The van der Waals surface area contributed by atoms with Crippen molar-refractivity contribution in [2.75, 3.05) is 7.05 Å². The summed E-state index contributed by atoms with van der Waals surface area (Å²) in [6, 6.07) is 6.33. The standard InChI is InChI=1S/C18H25NO5/c1-18(2,3)24-17(22)19(4)14(16(20)21)11-12-7-5-6-8-15(12)23-13-9-10-13/h5-8,13-14H,9-11H2,1-4H3,(H,20,21)/t14-/m0/s1. The lowest BCUT2D eigenvalue weighted by atomic mass is 10.0. The van der Waals surface area contributed by atoms with E-state index in [0.717, 1.165) is 23.3 Å². The van der Waals surface area contributed by atoms with Gasteiger partial charge in [-0.3, -0.25) is 4.90 Å². The van der Waals surface area contributed by atoms with Crippen molar-refractivity contribution in [3.8, 4) is 5.75 Å². The van der Waals surface area contributed by atoms with Crippen LogP contribution < -0.4 is 4.74 Å². The van der Waals surface area contributed by atoms with Gasteiger partial charge in [-0.05, 0) is 45.2 Å². The lowest BCUT2D eigenvalue weighted by Gasteiger charge is -2.29. The van der Waals surface area contributed by atoms with Gasteiger partial charge >= 0.3 is 12.1 Å². The highest BCUT2D eigenvalue weighted by Gasteiger charge is 2.31. The molecule has 1 aliphatic rings. The maximum absolute atomic E-state index is 12.2. The number of nitrogens with zero attached hydrogens (tertiary/aromatic N) is 1. The van der Waals surface area contributed by atoms with Gasteiger partial charge in [0.05, 0.1) is 6.10 Å². The highest BCUT2D eigenvalue weighted by atomic mass is 16.6. The Morgan fingerprint density at radius 3 is 2.46 bits per heavy atom. The summed E-state index contributed by atoms with van der Waals surface area (Å²) in [4.78, 5) is 25.0. The van der Waals surface area contributed by atoms with E-state index < -0.39 is 23.7 Å². The number of hydrogen-bond donors (Lipinski definition) is 1. The highest BCUT2D eigenvalue weighted by molar-refractivity contribution is 5.80. The van der Waals surface area contributed by atoms with E-state index in [0.29, 0.717) is 5.75 Å². The topological polar surface area (TPSA) is 76.1 Å². The molecule has 2 rings (SSSR count). The Morgan fingerprint density at radius 1 is 1.29 bits per heavy atom. The van der Waals surface area contributed by atoms with Crippen LogP contribution in [0.2, 0.25) is 0 Å². The SMILES string of the molecule is CN(C(=O)OC(C)(C)C)[C@@H](Cc1ccccc1OC1CC1)C(=O)O. The number of benzene rings is 1. The van der Waals surface area contributed by atoms with E-state index in [2.05, 4.69) is 0 Å². The van der Waals surface area contributed by atoms with Crippen LogP contribution in [0, 0.1) is 0 Å². The van der Waals surface area contributed by atoms with Crippen molar-refractivity contribution in [2.24, 2.45) is 0 Å². The molecule has 0 bridgehead atoms. The molecule has 1 atom stereocenters. The lowest BCUT2D eigenvalue weighted by molar-refractivity contribution is -0.142. The van der Waals surface area contributed by atoms with Crippen molar-refractivity contribution in [2.45, 2.75) is 57.8 Å². The first-order valence-electron chi connectivity index (χ1n) is 8.10. The third-order valence-electron chi connectivity index (χ3n) is 3.64. The summed E-state index contributed by atoms with van der Waals surface area (Å²) in [5.41, 5.74) is 0.0914. The summed E-state index contributed by atoms with van der Waals surface area (Å²) in [5, 5.41) is 9.55. The first-order chi connectivity index (χ1) is 11.2. The van der Waals surface area contributed by atoms with E-state index in [1.54, 1.807) is 20.8 Å². The van der Waals surface area contributed by atoms with E-state index in [-0.39, 0.29) is 12.5 Å². The zero-order chi connectivity index (χ0) is 17.9. The number of carboxylic acids is 1. The van der Waals surface area contributed by atoms with Gasteiger partial charge in [0.1, 0.15) is 17.4 Å². The molecular formula is C18H25NO5. The molecule has 0 heterocycles. The lowest BCUT2D eigenvalue weighted by Crippen LogP contribution is -2.46. The minimum absolute atomic E-state index is 0.161. The van der Waals surface area contributed by atoms with Gasteiger partial charge in [0.2, 0.25) is 0 Å². The third-order valence-corrected chi connectivity index (χ3v) is 3.64. The molecule has 6 heteroatoms. The molecule has 1 fully saturated rings. The fourth-order valence-corrected chi connectivity index (χ4v) is 2.21. The van der Waals surface area contributed by atoms with E-state index in [9.17, 15) is 14.7 Å². The second-order valence-electron chi connectivity index (χ2n) is 7.07. The van der Waals surface area contributed by atoms with Crippen LogP contribution in [0.1, 0.15) is 39.2 Å². The molecule has 0 radical (unpaired) electrons. The molecule has 0 aliphatic heterocycles. The zero-order valence-electron chi connectivity index (χ0n) is 14.6. The summed E-state index contributed by atoms with van der Waals surface area (Å²) in [6.07, 6.45) is 1.77. The van der Waals surface area contributed by atoms with Crippen molar-refractivity contribution in [1.82, 2.24) is 4.90 Å². The molecule has 1 aromatic rings. The monoisotopic (exact) mass is 335 g/mol. The first-order valence-corrected chi connectivity index (χ1v) is 8.10. The fraction of sp³-hybridized carbons (Fsp3) is 0.556. The number of carbonyl (C=O) groups excluding carboxylic acids is 1. The van der Waals surface area contributed by atoms with Crippen LogP contribution in [0.3, 0.4) is 0 Å². The van der Waals surface area contributed by atoms with Gasteiger partial charge in [-0.15, -0.1) is 0 Å². The molecule has 1 aromatic carbocycles. The Labute approximate surface area is 142 Å². The molecule has 1 aliphatic carbocycles. The molecule has 1 N–H and O–H groups in total. The molecule has 24 heavy (non-hydrogen) atoms. The number of carbonyl (C=O) groups is 2. The van der Waals surface area contributed by atoms with Crippen molar-refractivity contribution in [3.63, 3.8) is 0 Å². The van der Waals surface area contributed by atoms with Gasteiger partial charge in [-0.2, -0.15) is 0 Å². The molecule has 0 aromatic heterocycles. The van der Waals surface area contributed by atoms with E-state index in [1.165, 1.54) is 7.05 Å². The Hall–Kier alpha value is -2.24. The number of hydrogen-bond acceptors (Lipinski definition) is 4. The van der Waals surface area contributed by atoms with E-state index in [1.807, 2.05) is 24.3 Å². The molecule has 6 nitrogen and oxygen atoms in total. The van der Waals surface area contributed by atoms with Crippen molar-refractivity contribution in [1.29, 1.82) is 0 Å². The van der Waals surface area contributed by atoms with Crippen LogP contribution in [-0.2, 0) is 16.0 Å². The quantitative estimate of drug-likeness (QED) is 0.864. The van der Waals surface area contributed by atoms with Crippen LogP contribution in [0.4, 0.5) is 4.79 Å². The minimum atomic E-state index is -1.08. The average molecular weight is 335 g/mol. The van der Waals surface area contributed by atoms with Crippen molar-refractivity contribution >= 4 is 12.1 Å². The Kier molecular flexibility index (Phi) is 5.36. The second kappa shape index (κ2) is 7.11. The number of para-hydroxylation sites is 1. The number of aliphatic carboxylic acids is 1. The largest absolute Gasteiger partial charge is 0.490 e. The predicted octanol–water partition coefficient (Wildman–Crippen LogP) is 3.09. The maximum atomic E-state index is 12.2. The second-order valence-corrected chi connectivity index (χ2v) is 7.07. The molecular weight excluding hydrogens is 310 g/mol. The van der Waals surface area contributed by atoms with Crippen molar-refractivity contribution < 1.29 is 24.2 Å². The average Bonchev–Trinajstić information content (AvgIpc) is 3.27.